The van der Waals surface area contributed by atoms with Gasteiger partial charge in [0.1, 0.15) is 11.5 Å². The zero-order valence-corrected chi connectivity index (χ0v) is 12.8. The van der Waals surface area contributed by atoms with Crippen LogP contribution in [0.2, 0.25) is 10.0 Å². The lowest BCUT2D eigenvalue weighted by molar-refractivity contribution is 0.0691. The lowest BCUT2D eigenvalue weighted by Gasteiger charge is -2.10. The van der Waals surface area contributed by atoms with Crippen LogP contribution in [-0.2, 0) is 0 Å². The Hall–Kier alpha value is -2.31. The van der Waals surface area contributed by atoms with Crippen molar-refractivity contribution in [2.24, 2.45) is 0 Å². The smallest absolute Gasteiger partial charge is 0.352 e. The van der Waals surface area contributed by atoms with E-state index < -0.39 is 17.6 Å². The van der Waals surface area contributed by atoms with E-state index >= 15 is 0 Å². The number of rotatable bonds is 3. The van der Waals surface area contributed by atoms with E-state index in [0.717, 1.165) is 0 Å². The van der Waals surface area contributed by atoms with Gasteiger partial charge in [0.05, 0.1) is 15.6 Å². The highest BCUT2D eigenvalue weighted by molar-refractivity contribution is 6.32. The van der Waals surface area contributed by atoms with Gasteiger partial charge in [-0.15, -0.1) is 0 Å². The number of H-pyrrole nitrogens is 1. The summed E-state index contributed by atoms with van der Waals surface area (Å²) in [5.74, 6) is -2.56. The summed E-state index contributed by atoms with van der Waals surface area (Å²) in [4.78, 5) is 13.5. The molecule has 3 aromatic rings. The topological polar surface area (TPSA) is 65.1 Å². The van der Waals surface area contributed by atoms with Crippen LogP contribution in [0.15, 0.2) is 30.3 Å². The van der Waals surface area contributed by atoms with Crippen molar-refractivity contribution >= 4 is 51.4 Å². The number of hydrogen-bond donors (Lipinski definition) is 3. The molecule has 0 unspecified atom stereocenters. The molecule has 3 N–H and O–H groups in total. The molecule has 2 aromatic carbocycles. The van der Waals surface area contributed by atoms with Crippen molar-refractivity contribution in [1.29, 1.82) is 0 Å². The van der Waals surface area contributed by atoms with Crippen molar-refractivity contribution in [2.75, 3.05) is 5.32 Å². The van der Waals surface area contributed by atoms with Gasteiger partial charge in [-0.2, -0.15) is 0 Å². The molecule has 0 saturated heterocycles. The van der Waals surface area contributed by atoms with Crippen molar-refractivity contribution < 1.29 is 18.7 Å². The molecule has 0 atom stereocenters. The molecular formula is C15H8Cl2F2N2O2. The van der Waals surface area contributed by atoms with E-state index in [1.807, 2.05) is 0 Å². The summed E-state index contributed by atoms with van der Waals surface area (Å²) in [5, 5.41) is 12.0. The van der Waals surface area contributed by atoms with E-state index in [9.17, 15) is 13.6 Å². The molecule has 0 bridgehead atoms. The third kappa shape index (κ3) is 2.83. The summed E-state index contributed by atoms with van der Waals surface area (Å²) in [5.41, 5.74) is 0.586. The number of aromatic carboxylic acids is 1. The number of carboxylic acids is 1. The number of hydrogen-bond acceptors (Lipinski definition) is 2. The molecule has 0 saturated carbocycles. The fraction of sp³-hybridized carbons (Fsp3) is 0. The highest BCUT2D eigenvalue weighted by atomic mass is 35.5. The molecule has 3 rings (SSSR count). The average Bonchev–Trinajstić information content (AvgIpc) is 2.94. The van der Waals surface area contributed by atoms with E-state index in [4.69, 9.17) is 28.3 Å². The van der Waals surface area contributed by atoms with Gasteiger partial charge in [-0.25, -0.2) is 13.6 Å². The van der Waals surface area contributed by atoms with Crippen molar-refractivity contribution in [3.63, 3.8) is 0 Å². The SMILES string of the molecule is O=C(O)c1cc2c(Nc3ccc(F)c(Cl)c3)cc(Cl)c(F)c2[nH]1. The zero-order chi connectivity index (χ0) is 16.7. The molecular weight excluding hydrogens is 349 g/mol. The minimum atomic E-state index is -1.23. The van der Waals surface area contributed by atoms with Crippen molar-refractivity contribution in [3.05, 3.63) is 57.7 Å². The van der Waals surface area contributed by atoms with E-state index in [1.54, 1.807) is 0 Å². The normalized spacial score (nSPS) is 11.0. The first-order valence-electron chi connectivity index (χ1n) is 6.33. The summed E-state index contributed by atoms with van der Waals surface area (Å²) >= 11 is 11.6. The minimum Gasteiger partial charge on any atom is -0.477 e. The second-order valence-corrected chi connectivity index (χ2v) is 5.57. The summed E-state index contributed by atoms with van der Waals surface area (Å²) in [7, 11) is 0. The number of carbonyl (C=O) groups is 1. The molecule has 0 radical (unpaired) electrons. The Balaban J connectivity index is 2.14. The summed E-state index contributed by atoms with van der Waals surface area (Å²) < 4.78 is 27.3. The van der Waals surface area contributed by atoms with Gasteiger partial charge in [-0.3, -0.25) is 0 Å². The van der Waals surface area contributed by atoms with Crippen LogP contribution in [0.25, 0.3) is 10.9 Å². The largest absolute Gasteiger partial charge is 0.477 e. The second kappa shape index (κ2) is 5.72. The molecule has 0 spiro atoms. The Labute approximate surface area is 138 Å². The maximum atomic E-state index is 14.1. The number of anilines is 2. The van der Waals surface area contributed by atoms with Gasteiger partial charge >= 0.3 is 5.97 Å². The van der Waals surface area contributed by atoms with Gasteiger partial charge in [0.2, 0.25) is 0 Å². The third-order valence-electron chi connectivity index (χ3n) is 3.24. The van der Waals surface area contributed by atoms with Gasteiger partial charge in [-0.1, -0.05) is 23.2 Å². The standard InChI is InChI=1S/C15H8Cl2F2N2O2/c16-8-3-6(1-2-10(8)18)20-11-5-9(17)13(19)14-7(11)4-12(21-14)15(22)23/h1-5,20-21H,(H,22,23). The molecule has 0 aliphatic carbocycles. The molecule has 4 nitrogen and oxygen atoms in total. The van der Waals surface area contributed by atoms with Gasteiger partial charge in [0.15, 0.2) is 5.82 Å². The molecule has 1 aromatic heterocycles. The molecule has 0 aliphatic heterocycles. The first-order chi connectivity index (χ1) is 10.9. The van der Waals surface area contributed by atoms with Gasteiger partial charge < -0.3 is 15.4 Å². The first-order valence-corrected chi connectivity index (χ1v) is 7.08. The molecule has 0 fully saturated rings. The number of halogens is 4. The average molecular weight is 357 g/mol. The van der Waals surface area contributed by atoms with Crippen LogP contribution in [0.4, 0.5) is 20.2 Å². The van der Waals surface area contributed by atoms with Gasteiger partial charge in [-0.05, 0) is 30.3 Å². The van der Waals surface area contributed by atoms with E-state index in [2.05, 4.69) is 10.3 Å². The highest BCUT2D eigenvalue weighted by Gasteiger charge is 2.17. The molecule has 118 valence electrons. The van der Waals surface area contributed by atoms with Gasteiger partial charge in [0.25, 0.3) is 0 Å². The van der Waals surface area contributed by atoms with Crippen LogP contribution in [0, 0.1) is 11.6 Å². The Kier molecular flexibility index (Phi) is 3.87. The Bertz CT molecular complexity index is 941. The predicted octanol–water partition coefficient (Wildman–Crippen LogP) is 5.19. The Morgan fingerprint density at radius 3 is 2.52 bits per heavy atom. The number of nitrogens with one attached hydrogen (secondary N) is 2. The van der Waals surface area contributed by atoms with E-state index in [0.29, 0.717) is 16.8 Å². The number of benzene rings is 2. The maximum Gasteiger partial charge on any atom is 0.352 e. The molecule has 0 aliphatic rings. The molecule has 23 heavy (non-hydrogen) atoms. The third-order valence-corrected chi connectivity index (χ3v) is 3.80. The number of carboxylic acid groups (broad SMARTS) is 1. The Morgan fingerprint density at radius 2 is 1.87 bits per heavy atom. The van der Waals surface area contributed by atoms with E-state index in [1.165, 1.54) is 30.3 Å². The maximum absolute atomic E-state index is 14.1. The van der Waals surface area contributed by atoms with Crippen LogP contribution < -0.4 is 5.32 Å². The van der Waals surface area contributed by atoms with Gasteiger partial charge in [0, 0.05) is 16.8 Å². The van der Waals surface area contributed by atoms with Crippen LogP contribution in [0.3, 0.4) is 0 Å². The highest BCUT2D eigenvalue weighted by Crippen LogP contribution is 2.34. The lowest BCUT2D eigenvalue weighted by Crippen LogP contribution is -1.95. The molecule has 0 amide bonds. The summed E-state index contributed by atoms with van der Waals surface area (Å²) in [6, 6.07) is 6.56. The van der Waals surface area contributed by atoms with Crippen molar-refractivity contribution in [1.82, 2.24) is 4.98 Å². The van der Waals surface area contributed by atoms with Crippen molar-refractivity contribution in [3.8, 4) is 0 Å². The monoisotopic (exact) mass is 356 g/mol. The minimum absolute atomic E-state index is 0.0365. The number of fused-ring (bicyclic) bond motifs is 1. The Morgan fingerprint density at radius 1 is 1.13 bits per heavy atom. The van der Waals surface area contributed by atoms with Crippen LogP contribution in [0.1, 0.15) is 10.5 Å². The number of aromatic amines is 1. The summed E-state index contributed by atoms with van der Waals surface area (Å²) in [6.45, 7) is 0. The fourth-order valence-electron chi connectivity index (χ4n) is 2.18. The predicted molar refractivity (Wildman–Crippen MR) is 84.9 cm³/mol. The second-order valence-electron chi connectivity index (χ2n) is 4.75. The van der Waals surface area contributed by atoms with Crippen LogP contribution in [0.5, 0.6) is 0 Å². The molecule has 8 heteroatoms. The quantitative estimate of drug-likeness (QED) is 0.604. The van der Waals surface area contributed by atoms with Crippen LogP contribution in [-0.4, -0.2) is 16.1 Å². The zero-order valence-electron chi connectivity index (χ0n) is 11.3. The molecule has 1 heterocycles. The van der Waals surface area contributed by atoms with Crippen molar-refractivity contribution in [2.45, 2.75) is 0 Å². The fourth-order valence-corrected chi connectivity index (χ4v) is 2.56. The van der Waals surface area contributed by atoms with E-state index in [-0.39, 0.29) is 21.3 Å². The lowest BCUT2D eigenvalue weighted by atomic mass is 10.2. The first kappa shape index (κ1) is 15.6. The van der Waals surface area contributed by atoms with Crippen LogP contribution >= 0.6 is 23.2 Å². The number of aromatic nitrogens is 1. The summed E-state index contributed by atoms with van der Waals surface area (Å²) in [6.07, 6.45) is 0.